The molecule has 0 aromatic heterocycles. The van der Waals surface area contributed by atoms with Gasteiger partial charge < -0.3 is 0 Å². The molecule has 0 aromatic carbocycles. The predicted octanol–water partition coefficient (Wildman–Crippen LogP) is 8.97. The number of hydrogen-bond donors (Lipinski definition) is 0. The van der Waals surface area contributed by atoms with Crippen molar-refractivity contribution in [2.75, 3.05) is 0 Å². The van der Waals surface area contributed by atoms with E-state index in [2.05, 4.69) is 86.8 Å². The smallest absolute Gasteiger partial charge is 0.00901 e. The average molecular weight is 421 g/mol. The summed E-state index contributed by atoms with van der Waals surface area (Å²) < 4.78 is 0. The van der Waals surface area contributed by atoms with E-state index >= 15 is 0 Å². The van der Waals surface area contributed by atoms with E-state index in [1.54, 1.807) is 16.7 Å². The van der Waals surface area contributed by atoms with Crippen molar-refractivity contribution in [2.24, 2.45) is 11.8 Å². The van der Waals surface area contributed by atoms with E-state index in [1.807, 2.05) is 0 Å². The fraction of sp³-hybridized carbons (Fsp3) is 0.375. The third-order valence-electron chi connectivity index (χ3n) is 7.73. The van der Waals surface area contributed by atoms with Crippen LogP contribution in [-0.2, 0) is 0 Å². The van der Waals surface area contributed by atoms with Gasteiger partial charge in [-0.05, 0) is 110 Å². The summed E-state index contributed by atoms with van der Waals surface area (Å²) in [5, 5.41) is 0. The Balaban J connectivity index is 1.51. The molecule has 164 valence electrons. The monoisotopic (exact) mass is 420 g/mol. The number of rotatable bonds is 4. The van der Waals surface area contributed by atoms with Crippen LogP contribution in [0.2, 0.25) is 0 Å². The molecule has 0 N–H and O–H groups in total. The highest BCUT2D eigenvalue weighted by Gasteiger charge is 2.29. The summed E-state index contributed by atoms with van der Waals surface area (Å²) in [6, 6.07) is 0. The van der Waals surface area contributed by atoms with Gasteiger partial charge in [-0.1, -0.05) is 84.1 Å². The Morgan fingerprint density at radius 2 is 1.53 bits per heavy atom. The summed E-state index contributed by atoms with van der Waals surface area (Å²) in [5.74, 6) is 1.20. The first kappa shape index (κ1) is 21.3. The Hall–Kier alpha value is -2.60. The second-order valence-electron chi connectivity index (χ2n) is 9.99. The molecule has 0 heteroatoms. The molecule has 32 heavy (non-hydrogen) atoms. The summed E-state index contributed by atoms with van der Waals surface area (Å²) in [7, 11) is 0. The van der Waals surface area contributed by atoms with Crippen LogP contribution >= 0.6 is 0 Å². The third kappa shape index (κ3) is 4.46. The minimum absolute atomic E-state index is 0.591. The van der Waals surface area contributed by atoms with Crippen LogP contribution in [0.5, 0.6) is 0 Å². The van der Waals surface area contributed by atoms with Gasteiger partial charge in [-0.3, -0.25) is 0 Å². The van der Waals surface area contributed by atoms with Gasteiger partial charge in [0, 0.05) is 0 Å². The highest BCUT2D eigenvalue weighted by Crippen LogP contribution is 2.44. The van der Waals surface area contributed by atoms with E-state index in [-0.39, 0.29) is 0 Å². The van der Waals surface area contributed by atoms with Gasteiger partial charge in [0.15, 0.2) is 0 Å². The third-order valence-corrected chi connectivity index (χ3v) is 7.73. The molecule has 5 rings (SSSR count). The zero-order valence-corrected chi connectivity index (χ0v) is 19.7. The normalized spacial score (nSPS) is 27.9. The molecule has 0 fully saturated rings. The quantitative estimate of drug-likeness (QED) is 0.426. The van der Waals surface area contributed by atoms with Gasteiger partial charge in [0.25, 0.3) is 0 Å². The molecule has 2 unspecified atom stereocenters. The molecule has 0 nitrogen and oxygen atoms in total. The lowest BCUT2D eigenvalue weighted by Crippen LogP contribution is -2.21. The van der Waals surface area contributed by atoms with Crippen molar-refractivity contribution in [3.8, 4) is 0 Å². The van der Waals surface area contributed by atoms with Crippen molar-refractivity contribution in [2.45, 2.75) is 65.2 Å². The Morgan fingerprint density at radius 3 is 2.28 bits per heavy atom. The van der Waals surface area contributed by atoms with Crippen molar-refractivity contribution >= 4 is 0 Å². The fourth-order valence-electron chi connectivity index (χ4n) is 5.86. The van der Waals surface area contributed by atoms with Gasteiger partial charge in [0.05, 0.1) is 0 Å². The predicted molar refractivity (Wildman–Crippen MR) is 138 cm³/mol. The summed E-state index contributed by atoms with van der Waals surface area (Å²) in [5.41, 5.74) is 12.0. The van der Waals surface area contributed by atoms with Crippen LogP contribution in [0.3, 0.4) is 0 Å². The highest BCUT2D eigenvalue weighted by atomic mass is 14.3. The Bertz CT molecular complexity index is 1080. The SMILES string of the molecule is CC1=CC(C2=CCCC(C3=CC(C4=CCCC=C4)=C(C)C(C4C=CC=CC4)C3)=C2)=CCC1. The van der Waals surface area contributed by atoms with Crippen molar-refractivity contribution < 1.29 is 0 Å². The Kier molecular flexibility index (Phi) is 6.30. The summed E-state index contributed by atoms with van der Waals surface area (Å²) in [6.45, 7) is 4.66. The van der Waals surface area contributed by atoms with Crippen molar-refractivity contribution in [3.63, 3.8) is 0 Å². The molecule has 0 amide bonds. The second-order valence-corrected chi connectivity index (χ2v) is 9.99. The molecule has 0 heterocycles. The van der Waals surface area contributed by atoms with Gasteiger partial charge in [0.2, 0.25) is 0 Å². The van der Waals surface area contributed by atoms with E-state index in [1.165, 1.54) is 60.0 Å². The molecule has 0 aromatic rings. The van der Waals surface area contributed by atoms with Crippen molar-refractivity contribution in [3.05, 3.63) is 117 Å². The molecule has 5 aliphatic carbocycles. The van der Waals surface area contributed by atoms with E-state index in [0.717, 1.165) is 19.3 Å². The van der Waals surface area contributed by atoms with Gasteiger partial charge in [-0.25, -0.2) is 0 Å². The minimum Gasteiger partial charge on any atom is -0.0839 e. The molecule has 5 aliphatic rings. The highest BCUT2D eigenvalue weighted by molar-refractivity contribution is 5.59. The molecule has 0 bridgehead atoms. The average Bonchev–Trinajstić information content (AvgIpc) is 2.85. The van der Waals surface area contributed by atoms with E-state index in [4.69, 9.17) is 0 Å². The lowest BCUT2D eigenvalue weighted by atomic mass is 9.70. The maximum absolute atomic E-state index is 2.54. The van der Waals surface area contributed by atoms with E-state index < -0.39 is 0 Å². The topological polar surface area (TPSA) is 0 Å². The van der Waals surface area contributed by atoms with E-state index in [9.17, 15) is 0 Å². The molecule has 0 aliphatic heterocycles. The number of allylic oxidation sites excluding steroid dienone is 20. The Labute approximate surface area is 194 Å². The molecule has 0 saturated carbocycles. The fourth-order valence-corrected chi connectivity index (χ4v) is 5.86. The number of hydrogen-bond acceptors (Lipinski definition) is 0. The van der Waals surface area contributed by atoms with Crippen LogP contribution in [0, 0.1) is 11.8 Å². The molecular weight excluding hydrogens is 384 g/mol. The van der Waals surface area contributed by atoms with Gasteiger partial charge in [0.1, 0.15) is 0 Å². The molecule has 2 atom stereocenters. The largest absolute Gasteiger partial charge is 0.0839 e. The van der Waals surface area contributed by atoms with Crippen molar-refractivity contribution in [1.29, 1.82) is 0 Å². The van der Waals surface area contributed by atoms with Crippen LogP contribution in [-0.4, -0.2) is 0 Å². The maximum Gasteiger partial charge on any atom is -0.00901 e. The van der Waals surface area contributed by atoms with Gasteiger partial charge in [-0.15, -0.1) is 0 Å². The van der Waals surface area contributed by atoms with E-state index in [0.29, 0.717) is 11.8 Å². The molecule has 0 saturated heterocycles. The maximum atomic E-state index is 2.54. The standard InChI is InChI=1S/C32H36/c1-23-11-9-16-27(19-23)28-17-10-18-29(20-28)30-21-31(25-12-5-3-6-13-25)24(2)32(22-30)26-14-7-4-8-15-26/h3,5-7,12,14-17,19-20,22,25,31H,4,8-11,13,18,21H2,1-2H3. The van der Waals surface area contributed by atoms with Crippen LogP contribution < -0.4 is 0 Å². The molecule has 0 spiro atoms. The van der Waals surface area contributed by atoms with Crippen LogP contribution in [0.15, 0.2) is 117 Å². The Morgan fingerprint density at radius 1 is 0.719 bits per heavy atom. The van der Waals surface area contributed by atoms with Gasteiger partial charge >= 0.3 is 0 Å². The molecular formula is C32H36. The summed E-state index contributed by atoms with van der Waals surface area (Å²) in [4.78, 5) is 0. The first-order valence-electron chi connectivity index (χ1n) is 12.6. The summed E-state index contributed by atoms with van der Waals surface area (Å²) in [6.07, 6.45) is 38.1. The first-order chi connectivity index (χ1) is 15.7. The lowest BCUT2D eigenvalue weighted by Gasteiger charge is -2.34. The van der Waals surface area contributed by atoms with Crippen LogP contribution in [0.25, 0.3) is 0 Å². The summed E-state index contributed by atoms with van der Waals surface area (Å²) >= 11 is 0. The van der Waals surface area contributed by atoms with Crippen LogP contribution in [0.4, 0.5) is 0 Å². The molecule has 0 radical (unpaired) electrons. The minimum atomic E-state index is 0.591. The van der Waals surface area contributed by atoms with Crippen molar-refractivity contribution in [1.82, 2.24) is 0 Å². The van der Waals surface area contributed by atoms with Crippen LogP contribution in [0.1, 0.15) is 65.2 Å². The zero-order valence-electron chi connectivity index (χ0n) is 19.7. The lowest BCUT2D eigenvalue weighted by molar-refractivity contribution is 0.443. The van der Waals surface area contributed by atoms with Gasteiger partial charge in [-0.2, -0.15) is 0 Å². The second kappa shape index (κ2) is 9.49. The zero-order chi connectivity index (χ0) is 21.9. The first-order valence-corrected chi connectivity index (χ1v) is 12.6.